The first-order valence-electron chi connectivity index (χ1n) is 8.53. The van der Waals surface area contributed by atoms with Gasteiger partial charge in [0.1, 0.15) is 0 Å². The average Bonchev–Trinajstić information content (AvgIpc) is 2.84. The maximum atomic E-state index is 12.7. The highest BCUT2D eigenvalue weighted by Gasteiger charge is 2.25. The van der Waals surface area contributed by atoms with Crippen molar-refractivity contribution in [2.24, 2.45) is 7.05 Å². The molecule has 1 aliphatic rings. The Bertz CT molecular complexity index is 887. The number of amides is 1. The summed E-state index contributed by atoms with van der Waals surface area (Å²) in [6.45, 7) is 1.40. The molecule has 0 saturated carbocycles. The topological polar surface area (TPSA) is 51.0 Å². The van der Waals surface area contributed by atoms with Crippen LogP contribution in [0.4, 0.5) is 0 Å². The third-order valence-corrected chi connectivity index (χ3v) is 4.77. The van der Waals surface area contributed by atoms with Gasteiger partial charge in [0.25, 0.3) is 5.91 Å². The number of carbonyl (C=O) groups is 1. The van der Waals surface area contributed by atoms with Crippen LogP contribution < -0.4 is 0 Å². The standard InChI is InChI=1S/C20H20N4O/c1-23-18-10-13-24(20(25)16-8-5-11-21-14-16)12-9-17(18)19(22-23)15-6-3-2-4-7-15/h2-8,11,14H,9-10,12-13H2,1H3. The maximum Gasteiger partial charge on any atom is 0.255 e. The van der Waals surface area contributed by atoms with Crippen LogP contribution in [0.15, 0.2) is 54.9 Å². The summed E-state index contributed by atoms with van der Waals surface area (Å²) in [4.78, 5) is 18.7. The summed E-state index contributed by atoms with van der Waals surface area (Å²) in [5.41, 5.74) is 5.30. The molecule has 0 N–H and O–H groups in total. The molecule has 1 aromatic carbocycles. The van der Waals surface area contributed by atoms with Gasteiger partial charge in [-0.15, -0.1) is 0 Å². The SMILES string of the molecule is Cn1nc(-c2ccccc2)c2c1CCN(C(=O)c1cccnc1)CC2. The number of carbonyl (C=O) groups excluding carboxylic acids is 1. The van der Waals surface area contributed by atoms with E-state index in [-0.39, 0.29) is 5.91 Å². The predicted molar refractivity (Wildman–Crippen MR) is 96.2 cm³/mol. The van der Waals surface area contributed by atoms with Crippen LogP contribution in [0.25, 0.3) is 11.3 Å². The van der Waals surface area contributed by atoms with E-state index < -0.39 is 0 Å². The molecule has 2 aromatic heterocycles. The van der Waals surface area contributed by atoms with Gasteiger partial charge in [-0.1, -0.05) is 30.3 Å². The summed E-state index contributed by atoms with van der Waals surface area (Å²) < 4.78 is 1.97. The second-order valence-electron chi connectivity index (χ2n) is 6.30. The molecule has 0 fully saturated rings. The van der Waals surface area contributed by atoms with E-state index in [9.17, 15) is 4.79 Å². The van der Waals surface area contributed by atoms with Crippen molar-refractivity contribution in [3.8, 4) is 11.3 Å². The number of rotatable bonds is 2. The molecule has 0 unspecified atom stereocenters. The zero-order chi connectivity index (χ0) is 17.2. The van der Waals surface area contributed by atoms with Crippen LogP contribution in [0.5, 0.6) is 0 Å². The Morgan fingerprint density at radius 2 is 1.84 bits per heavy atom. The van der Waals surface area contributed by atoms with Gasteiger partial charge in [-0.05, 0) is 18.6 Å². The van der Waals surface area contributed by atoms with Crippen molar-refractivity contribution in [2.45, 2.75) is 12.8 Å². The second kappa shape index (κ2) is 6.51. The van der Waals surface area contributed by atoms with E-state index in [0.717, 1.165) is 24.1 Å². The molecule has 126 valence electrons. The Balaban J connectivity index is 1.62. The van der Waals surface area contributed by atoms with Crippen molar-refractivity contribution >= 4 is 5.91 Å². The van der Waals surface area contributed by atoms with E-state index in [4.69, 9.17) is 5.10 Å². The minimum absolute atomic E-state index is 0.0510. The van der Waals surface area contributed by atoms with Crippen LogP contribution in [0.3, 0.4) is 0 Å². The Morgan fingerprint density at radius 3 is 2.60 bits per heavy atom. The van der Waals surface area contributed by atoms with Crippen molar-refractivity contribution < 1.29 is 4.79 Å². The first-order valence-corrected chi connectivity index (χ1v) is 8.53. The fraction of sp³-hybridized carbons (Fsp3) is 0.250. The molecule has 5 nitrogen and oxygen atoms in total. The molecule has 25 heavy (non-hydrogen) atoms. The molecule has 3 aromatic rings. The van der Waals surface area contributed by atoms with Gasteiger partial charge < -0.3 is 4.90 Å². The smallest absolute Gasteiger partial charge is 0.255 e. The van der Waals surface area contributed by atoms with Gasteiger partial charge in [0.15, 0.2) is 0 Å². The van der Waals surface area contributed by atoms with Crippen LogP contribution in [-0.4, -0.2) is 38.7 Å². The number of pyridine rings is 1. The first kappa shape index (κ1) is 15.6. The number of nitrogens with zero attached hydrogens (tertiary/aromatic N) is 4. The first-order chi connectivity index (χ1) is 12.2. The van der Waals surface area contributed by atoms with Crippen LogP contribution in [0, 0.1) is 0 Å². The summed E-state index contributed by atoms with van der Waals surface area (Å²) >= 11 is 0. The molecule has 1 amide bonds. The summed E-state index contributed by atoms with van der Waals surface area (Å²) in [5.74, 6) is 0.0510. The zero-order valence-corrected chi connectivity index (χ0v) is 14.2. The molecule has 0 bridgehead atoms. The maximum absolute atomic E-state index is 12.7. The molecule has 0 saturated heterocycles. The molecule has 0 atom stereocenters. The van der Waals surface area contributed by atoms with Crippen molar-refractivity contribution in [1.29, 1.82) is 0 Å². The van der Waals surface area contributed by atoms with Crippen LogP contribution in [0.2, 0.25) is 0 Å². The van der Waals surface area contributed by atoms with Gasteiger partial charge in [-0.2, -0.15) is 5.10 Å². The number of aromatic nitrogens is 3. The highest BCUT2D eigenvalue weighted by Crippen LogP contribution is 2.28. The van der Waals surface area contributed by atoms with Crippen LogP contribution >= 0.6 is 0 Å². The van der Waals surface area contributed by atoms with Crippen molar-refractivity contribution in [3.63, 3.8) is 0 Å². The summed E-state index contributed by atoms with van der Waals surface area (Å²) in [6.07, 6.45) is 4.96. The van der Waals surface area contributed by atoms with Gasteiger partial charge in [0.2, 0.25) is 0 Å². The molecule has 5 heteroatoms. The van der Waals surface area contributed by atoms with E-state index in [2.05, 4.69) is 17.1 Å². The largest absolute Gasteiger partial charge is 0.338 e. The normalized spacial score (nSPS) is 14.0. The Kier molecular flexibility index (Phi) is 4.06. The molecule has 1 aliphatic heterocycles. The molecule has 0 radical (unpaired) electrons. The Morgan fingerprint density at radius 1 is 1.04 bits per heavy atom. The predicted octanol–water partition coefficient (Wildman–Crippen LogP) is 2.72. The highest BCUT2D eigenvalue weighted by atomic mass is 16.2. The average molecular weight is 332 g/mol. The van der Waals surface area contributed by atoms with Crippen LogP contribution in [0.1, 0.15) is 21.6 Å². The third kappa shape index (κ3) is 2.93. The third-order valence-electron chi connectivity index (χ3n) is 4.77. The molecular weight excluding hydrogens is 312 g/mol. The fourth-order valence-corrected chi connectivity index (χ4v) is 3.48. The Labute approximate surface area is 146 Å². The van der Waals surface area contributed by atoms with Gasteiger partial charge in [-0.25, -0.2) is 0 Å². The highest BCUT2D eigenvalue weighted by molar-refractivity contribution is 5.94. The van der Waals surface area contributed by atoms with Crippen LogP contribution in [-0.2, 0) is 19.9 Å². The quantitative estimate of drug-likeness (QED) is 0.725. The van der Waals surface area contributed by atoms with E-state index in [1.54, 1.807) is 18.5 Å². The molecule has 3 heterocycles. The van der Waals surface area contributed by atoms with Gasteiger partial charge >= 0.3 is 0 Å². The molecule has 4 rings (SSSR count). The van der Waals surface area contributed by atoms with Crippen molar-refractivity contribution in [1.82, 2.24) is 19.7 Å². The van der Waals surface area contributed by atoms with E-state index in [1.165, 1.54) is 11.3 Å². The number of hydrogen-bond donors (Lipinski definition) is 0. The fourth-order valence-electron chi connectivity index (χ4n) is 3.48. The monoisotopic (exact) mass is 332 g/mol. The lowest BCUT2D eigenvalue weighted by molar-refractivity contribution is 0.0762. The summed E-state index contributed by atoms with van der Waals surface area (Å²) in [6, 6.07) is 13.9. The summed E-state index contributed by atoms with van der Waals surface area (Å²) in [5, 5.41) is 4.74. The number of hydrogen-bond acceptors (Lipinski definition) is 3. The Hall–Kier alpha value is -2.95. The lowest BCUT2D eigenvalue weighted by Gasteiger charge is -2.20. The lowest BCUT2D eigenvalue weighted by Crippen LogP contribution is -2.33. The number of aryl methyl sites for hydroxylation is 1. The van der Waals surface area contributed by atoms with Gasteiger partial charge in [0.05, 0.1) is 11.3 Å². The molecule has 0 spiro atoms. The minimum Gasteiger partial charge on any atom is -0.338 e. The van der Waals surface area contributed by atoms with Crippen molar-refractivity contribution in [3.05, 3.63) is 71.7 Å². The lowest BCUT2D eigenvalue weighted by atomic mass is 10.0. The minimum atomic E-state index is 0.0510. The van der Waals surface area contributed by atoms with Gasteiger partial charge in [0, 0.05) is 55.8 Å². The summed E-state index contributed by atoms with van der Waals surface area (Å²) in [7, 11) is 1.99. The van der Waals surface area contributed by atoms with E-state index in [0.29, 0.717) is 18.7 Å². The second-order valence-corrected chi connectivity index (χ2v) is 6.30. The molecule has 0 aliphatic carbocycles. The number of benzene rings is 1. The van der Waals surface area contributed by atoms with E-state index in [1.807, 2.05) is 40.9 Å². The van der Waals surface area contributed by atoms with Gasteiger partial charge in [-0.3, -0.25) is 14.5 Å². The zero-order valence-electron chi connectivity index (χ0n) is 14.2. The van der Waals surface area contributed by atoms with Crippen molar-refractivity contribution in [2.75, 3.05) is 13.1 Å². The van der Waals surface area contributed by atoms with E-state index >= 15 is 0 Å². The number of fused-ring (bicyclic) bond motifs is 1. The molecular formula is C20H20N4O.